The fourth-order valence-corrected chi connectivity index (χ4v) is 1.69. The first-order chi connectivity index (χ1) is 7.76. The zero-order chi connectivity index (χ0) is 11.5. The van der Waals surface area contributed by atoms with Crippen molar-refractivity contribution in [2.45, 2.75) is 13.5 Å². The van der Waals surface area contributed by atoms with Crippen molar-refractivity contribution in [1.29, 1.82) is 0 Å². The number of fused-ring (bicyclic) bond motifs is 1. The molecule has 0 radical (unpaired) electrons. The summed E-state index contributed by atoms with van der Waals surface area (Å²) in [6, 6.07) is 5.59. The lowest BCUT2D eigenvalue weighted by Gasteiger charge is -2.03. The number of aliphatic imine (C=N–C) groups is 1. The van der Waals surface area contributed by atoms with Crippen LogP contribution in [-0.4, -0.2) is 13.2 Å². The fraction of sp³-hybridized carbons (Fsp3) is 0.250. The molecule has 16 heavy (non-hydrogen) atoms. The maximum atomic E-state index is 10.1. The van der Waals surface area contributed by atoms with Crippen molar-refractivity contribution < 1.29 is 13.9 Å². The lowest BCUT2D eigenvalue weighted by atomic mass is 10.1. The van der Waals surface area contributed by atoms with Crippen molar-refractivity contribution in [3.63, 3.8) is 0 Å². The number of aryl methyl sites for hydroxylation is 1. The molecule has 0 aliphatic rings. The van der Waals surface area contributed by atoms with Crippen LogP contribution in [0.5, 0.6) is 5.75 Å². The van der Waals surface area contributed by atoms with Crippen LogP contribution < -0.4 is 4.74 Å². The summed E-state index contributed by atoms with van der Waals surface area (Å²) in [7, 11) is 1.59. The van der Waals surface area contributed by atoms with E-state index in [1.165, 1.54) is 6.08 Å². The Hall–Kier alpha value is -2.06. The van der Waals surface area contributed by atoms with Gasteiger partial charge in [-0.05, 0) is 24.6 Å². The van der Waals surface area contributed by atoms with Gasteiger partial charge in [0.25, 0.3) is 0 Å². The molecule has 0 atom stereocenters. The summed E-state index contributed by atoms with van der Waals surface area (Å²) < 4.78 is 10.7. The van der Waals surface area contributed by atoms with Crippen molar-refractivity contribution in [2.24, 2.45) is 4.99 Å². The molecular formula is C12H11NO3. The Bertz CT molecular complexity index is 565. The first kappa shape index (κ1) is 10.5. The first-order valence-electron chi connectivity index (χ1n) is 4.86. The maximum absolute atomic E-state index is 10.1. The van der Waals surface area contributed by atoms with Crippen molar-refractivity contribution in [1.82, 2.24) is 0 Å². The van der Waals surface area contributed by atoms with Crippen LogP contribution in [0.1, 0.15) is 11.3 Å². The third kappa shape index (κ3) is 1.71. The number of isocyanates is 1. The number of rotatable bonds is 3. The van der Waals surface area contributed by atoms with Crippen LogP contribution in [0.3, 0.4) is 0 Å². The summed E-state index contributed by atoms with van der Waals surface area (Å²) in [5.74, 6) is 1.48. The molecule has 2 aromatic rings. The van der Waals surface area contributed by atoms with Crippen LogP contribution in [0.4, 0.5) is 0 Å². The van der Waals surface area contributed by atoms with E-state index < -0.39 is 0 Å². The summed E-state index contributed by atoms with van der Waals surface area (Å²) in [4.78, 5) is 13.7. The number of methoxy groups -OCH3 is 1. The van der Waals surface area contributed by atoms with Gasteiger partial charge in [0.1, 0.15) is 5.76 Å². The molecule has 0 bridgehead atoms. The highest BCUT2D eigenvalue weighted by Crippen LogP contribution is 2.31. The Morgan fingerprint density at radius 3 is 3.00 bits per heavy atom. The average Bonchev–Trinajstić information content (AvgIpc) is 2.67. The zero-order valence-electron chi connectivity index (χ0n) is 9.11. The summed E-state index contributed by atoms with van der Waals surface area (Å²) >= 11 is 0. The Morgan fingerprint density at radius 1 is 1.50 bits per heavy atom. The average molecular weight is 217 g/mol. The zero-order valence-corrected chi connectivity index (χ0v) is 9.11. The second-order valence-corrected chi connectivity index (χ2v) is 3.43. The number of hydrogen-bond acceptors (Lipinski definition) is 4. The third-order valence-electron chi connectivity index (χ3n) is 2.39. The molecule has 1 aromatic carbocycles. The van der Waals surface area contributed by atoms with E-state index in [0.717, 1.165) is 16.7 Å². The molecule has 2 rings (SSSR count). The van der Waals surface area contributed by atoms with Gasteiger partial charge >= 0.3 is 0 Å². The molecule has 4 nitrogen and oxygen atoms in total. The van der Waals surface area contributed by atoms with Gasteiger partial charge in [0.05, 0.1) is 13.7 Å². The van der Waals surface area contributed by atoms with Crippen molar-refractivity contribution in [3.05, 3.63) is 29.5 Å². The number of hydrogen-bond donors (Lipinski definition) is 0. The van der Waals surface area contributed by atoms with Gasteiger partial charge in [-0.15, -0.1) is 0 Å². The summed E-state index contributed by atoms with van der Waals surface area (Å²) in [6.45, 7) is 2.18. The molecule has 0 N–H and O–H groups in total. The molecule has 1 heterocycles. The molecule has 0 spiro atoms. The number of benzene rings is 1. The van der Waals surface area contributed by atoms with Crippen molar-refractivity contribution in [3.8, 4) is 5.75 Å². The maximum Gasteiger partial charge on any atom is 0.235 e. The predicted molar refractivity (Wildman–Crippen MR) is 59.3 cm³/mol. The van der Waals surface area contributed by atoms with E-state index in [2.05, 4.69) is 4.99 Å². The highest BCUT2D eigenvalue weighted by atomic mass is 16.5. The van der Waals surface area contributed by atoms with Crippen LogP contribution in [-0.2, 0) is 11.3 Å². The minimum absolute atomic E-state index is 0.308. The fourth-order valence-electron chi connectivity index (χ4n) is 1.69. The second-order valence-electron chi connectivity index (χ2n) is 3.43. The molecule has 0 aliphatic heterocycles. The molecule has 0 fully saturated rings. The van der Waals surface area contributed by atoms with Gasteiger partial charge in [-0.1, -0.05) is 6.07 Å². The number of carbonyl (C=O) groups excluding carboxylic acids is 1. The molecule has 0 saturated heterocycles. The molecule has 0 unspecified atom stereocenters. The monoisotopic (exact) mass is 217 g/mol. The minimum Gasteiger partial charge on any atom is -0.493 e. The molecule has 1 aromatic heterocycles. The van der Waals surface area contributed by atoms with Gasteiger partial charge in [-0.2, -0.15) is 0 Å². The molecule has 4 heteroatoms. The standard InChI is InChI=1S/C12H11NO3/c1-8-5-10-9(6-13-7-14)3-4-11(15-2)12(10)16-8/h3-5H,6H2,1-2H3. The van der Waals surface area contributed by atoms with E-state index in [9.17, 15) is 4.79 Å². The van der Waals surface area contributed by atoms with Crippen LogP contribution in [0, 0.1) is 6.92 Å². The van der Waals surface area contributed by atoms with E-state index in [0.29, 0.717) is 17.9 Å². The molecule has 0 amide bonds. The van der Waals surface area contributed by atoms with Gasteiger partial charge < -0.3 is 9.15 Å². The molecule has 82 valence electrons. The SMILES string of the molecule is COc1ccc(CN=C=O)c2cc(C)oc12. The van der Waals surface area contributed by atoms with Gasteiger partial charge in [-0.25, -0.2) is 9.79 Å². The van der Waals surface area contributed by atoms with Crippen LogP contribution in [0.2, 0.25) is 0 Å². The largest absolute Gasteiger partial charge is 0.493 e. The van der Waals surface area contributed by atoms with E-state index in [1.807, 2.05) is 19.1 Å². The smallest absolute Gasteiger partial charge is 0.235 e. The van der Waals surface area contributed by atoms with Gasteiger partial charge in [-0.3, -0.25) is 0 Å². The van der Waals surface area contributed by atoms with Crippen LogP contribution >= 0.6 is 0 Å². The van der Waals surface area contributed by atoms with E-state index in [-0.39, 0.29) is 0 Å². The van der Waals surface area contributed by atoms with Gasteiger partial charge in [0, 0.05) is 5.39 Å². The van der Waals surface area contributed by atoms with E-state index in [1.54, 1.807) is 13.2 Å². The van der Waals surface area contributed by atoms with Crippen molar-refractivity contribution in [2.75, 3.05) is 7.11 Å². The van der Waals surface area contributed by atoms with Gasteiger partial charge in [0.2, 0.25) is 6.08 Å². The van der Waals surface area contributed by atoms with Crippen LogP contribution in [0.25, 0.3) is 11.0 Å². The molecular weight excluding hydrogens is 206 g/mol. The Balaban J connectivity index is 2.63. The van der Waals surface area contributed by atoms with Crippen LogP contribution in [0.15, 0.2) is 27.6 Å². The number of nitrogens with zero attached hydrogens (tertiary/aromatic N) is 1. The summed E-state index contributed by atoms with van der Waals surface area (Å²) in [6.07, 6.45) is 1.53. The normalized spacial score (nSPS) is 10.1. The lowest BCUT2D eigenvalue weighted by Crippen LogP contribution is -1.87. The highest BCUT2D eigenvalue weighted by Gasteiger charge is 2.10. The number of ether oxygens (including phenoxy) is 1. The predicted octanol–water partition coefficient (Wildman–Crippen LogP) is 2.59. The van der Waals surface area contributed by atoms with E-state index >= 15 is 0 Å². The second kappa shape index (κ2) is 4.21. The minimum atomic E-state index is 0.308. The highest BCUT2D eigenvalue weighted by molar-refractivity contribution is 5.87. The molecule has 0 aliphatic carbocycles. The quantitative estimate of drug-likeness (QED) is 0.586. The third-order valence-corrected chi connectivity index (χ3v) is 2.39. The van der Waals surface area contributed by atoms with E-state index in [4.69, 9.17) is 9.15 Å². The van der Waals surface area contributed by atoms with Crippen molar-refractivity contribution >= 4 is 17.0 Å². The lowest BCUT2D eigenvalue weighted by molar-refractivity contribution is 0.408. The van der Waals surface area contributed by atoms with Gasteiger partial charge in [0.15, 0.2) is 11.3 Å². The number of furan rings is 1. The Labute approximate surface area is 92.5 Å². The molecule has 0 saturated carbocycles. The summed E-state index contributed by atoms with van der Waals surface area (Å²) in [5.41, 5.74) is 1.62. The summed E-state index contributed by atoms with van der Waals surface area (Å²) in [5, 5.41) is 0.927. The topological polar surface area (TPSA) is 51.8 Å². The Kier molecular flexibility index (Phi) is 2.75. The first-order valence-corrected chi connectivity index (χ1v) is 4.86. The Morgan fingerprint density at radius 2 is 2.31 bits per heavy atom.